The first kappa shape index (κ1) is 8.67. The Morgan fingerprint density at radius 2 is 2.55 bits per heavy atom. The zero-order valence-corrected chi connectivity index (χ0v) is 8.15. The van der Waals surface area contributed by atoms with E-state index in [-0.39, 0.29) is 0 Å². The molecule has 0 saturated carbocycles. The first-order valence-electron chi connectivity index (χ1n) is 2.95. The molecule has 1 aromatic rings. The molecule has 1 heterocycles. The third-order valence-corrected chi connectivity index (χ3v) is 2.69. The highest BCUT2D eigenvalue weighted by Gasteiger charge is 2.15. The predicted octanol–water partition coefficient (Wildman–Crippen LogP) is 2.09. The number of aliphatic carboxylic acids is 1. The van der Waals surface area contributed by atoms with Crippen molar-refractivity contribution in [1.29, 1.82) is 0 Å². The fraction of sp³-hybridized carbons (Fsp3) is 0.333. The van der Waals surface area contributed by atoms with Crippen LogP contribution in [0, 0.1) is 0 Å². The van der Waals surface area contributed by atoms with Crippen LogP contribution in [0.4, 0.5) is 0 Å². The van der Waals surface area contributed by atoms with Gasteiger partial charge in [-0.1, -0.05) is 0 Å². The molecule has 11 heavy (non-hydrogen) atoms. The van der Waals surface area contributed by atoms with E-state index in [1.807, 2.05) is 0 Å². The number of hydrogen-bond acceptors (Lipinski definition) is 3. The minimum absolute atomic E-state index is 0.516. The van der Waals surface area contributed by atoms with Crippen molar-refractivity contribution in [2.45, 2.75) is 12.8 Å². The maximum absolute atomic E-state index is 10.5. The standard InChI is InChI=1S/C6H6BrNO2S/c1-3(5(9)10)4-2-11-6(7)8-4/h2-3H,1H3,(H,9,10)/t3-/m1/s1. The SMILES string of the molecule is C[C@@H](C(=O)O)c1csc(Br)n1. The summed E-state index contributed by atoms with van der Waals surface area (Å²) in [5.74, 6) is -1.36. The fourth-order valence-electron chi connectivity index (χ4n) is 0.589. The van der Waals surface area contributed by atoms with Gasteiger partial charge in [0.15, 0.2) is 3.92 Å². The molecule has 60 valence electrons. The molecule has 0 amide bonds. The van der Waals surface area contributed by atoms with Gasteiger partial charge in [-0.15, -0.1) is 11.3 Å². The summed E-state index contributed by atoms with van der Waals surface area (Å²) in [6.45, 7) is 1.61. The number of aromatic nitrogens is 1. The van der Waals surface area contributed by atoms with Crippen molar-refractivity contribution in [2.24, 2.45) is 0 Å². The van der Waals surface area contributed by atoms with Gasteiger partial charge in [0.1, 0.15) is 0 Å². The van der Waals surface area contributed by atoms with Crippen LogP contribution in [-0.4, -0.2) is 16.1 Å². The minimum atomic E-state index is -0.845. The number of hydrogen-bond donors (Lipinski definition) is 1. The van der Waals surface area contributed by atoms with E-state index in [0.29, 0.717) is 5.69 Å². The van der Waals surface area contributed by atoms with Crippen molar-refractivity contribution in [3.05, 3.63) is 15.0 Å². The lowest BCUT2D eigenvalue weighted by Crippen LogP contribution is -2.07. The molecule has 0 fully saturated rings. The third-order valence-electron chi connectivity index (χ3n) is 1.31. The number of halogens is 1. The van der Waals surface area contributed by atoms with Crippen molar-refractivity contribution in [2.75, 3.05) is 0 Å². The van der Waals surface area contributed by atoms with Gasteiger partial charge < -0.3 is 5.11 Å². The summed E-state index contributed by atoms with van der Waals surface area (Å²) in [4.78, 5) is 14.4. The van der Waals surface area contributed by atoms with Gasteiger partial charge in [-0.05, 0) is 22.9 Å². The van der Waals surface area contributed by atoms with E-state index in [1.165, 1.54) is 11.3 Å². The lowest BCUT2D eigenvalue weighted by Gasteiger charge is -1.98. The fourth-order valence-corrected chi connectivity index (χ4v) is 1.71. The van der Waals surface area contributed by atoms with Crippen LogP contribution in [0.15, 0.2) is 9.30 Å². The highest BCUT2D eigenvalue weighted by Crippen LogP contribution is 2.21. The molecule has 0 aliphatic carbocycles. The molecule has 1 rings (SSSR count). The van der Waals surface area contributed by atoms with Crippen LogP contribution in [0.3, 0.4) is 0 Å². The van der Waals surface area contributed by atoms with Gasteiger partial charge in [-0.2, -0.15) is 0 Å². The van der Waals surface area contributed by atoms with Crippen molar-refractivity contribution >= 4 is 33.2 Å². The summed E-state index contributed by atoms with van der Waals surface area (Å²) < 4.78 is 0.723. The molecule has 1 N–H and O–H groups in total. The third kappa shape index (κ3) is 2.00. The molecule has 0 aromatic carbocycles. The number of rotatable bonds is 2. The zero-order chi connectivity index (χ0) is 8.43. The normalized spacial score (nSPS) is 12.9. The number of thiazole rings is 1. The van der Waals surface area contributed by atoms with Crippen molar-refractivity contribution in [1.82, 2.24) is 4.98 Å². The van der Waals surface area contributed by atoms with Crippen LogP contribution in [0.1, 0.15) is 18.5 Å². The summed E-state index contributed by atoms with van der Waals surface area (Å²) in [5.41, 5.74) is 0.606. The van der Waals surface area contributed by atoms with Gasteiger partial charge >= 0.3 is 5.97 Å². The topological polar surface area (TPSA) is 50.2 Å². The number of carboxylic acid groups (broad SMARTS) is 1. The van der Waals surface area contributed by atoms with Crippen LogP contribution in [-0.2, 0) is 4.79 Å². The second kappa shape index (κ2) is 3.32. The molecule has 1 atom stereocenters. The summed E-state index contributed by atoms with van der Waals surface area (Å²) in [5, 5.41) is 10.3. The van der Waals surface area contributed by atoms with Crippen LogP contribution in [0.5, 0.6) is 0 Å². The Kier molecular flexibility index (Phi) is 2.62. The van der Waals surface area contributed by atoms with Crippen LogP contribution < -0.4 is 0 Å². The first-order valence-corrected chi connectivity index (χ1v) is 4.62. The molecule has 0 saturated heterocycles. The summed E-state index contributed by atoms with van der Waals surface area (Å²) in [7, 11) is 0. The maximum atomic E-state index is 10.5. The van der Waals surface area contributed by atoms with E-state index in [9.17, 15) is 4.79 Å². The molecule has 0 radical (unpaired) electrons. The van der Waals surface area contributed by atoms with E-state index in [2.05, 4.69) is 20.9 Å². The van der Waals surface area contributed by atoms with E-state index in [4.69, 9.17) is 5.11 Å². The molecule has 3 nitrogen and oxygen atoms in total. The molecule has 1 aromatic heterocycles. The van der Waals surface area contributed by atoms with Crippen molar-refractivity contribution in [3.8, 4) is 0 Å². The van der Waals surface area contributed by atoms with Gasteiger partial charge in [-0.25, -0.2) is 4.98 Å². The van der Waals surface area contributed by atoms with Crippen molar-refractivity contribution in [3.63, 3.8) is 0 Å². The number of carbonyl (C=O) groups is 1. The van der Waals surface area contributed by atoms with Crippen LogP contribution in [0.2, 0.25) is 0 Å². The highest BCUT2D eigenvalue weighted by molar-refractivity contribution is 9.11. The average Bonchev–Trinajstić information content (AvgIpc) is 2.34. The Bertz CT molecular complexity index is 273. The van der Waals surface area contributed by atoms with E-state index >= 15 is 0 Å². The maximum Gasteiger partial charge on any atom is 0.312 e. The Balaban J connectivity index is 2.84. The molecular formula is C6H6BrNO2S. The van der Waals surface area contributed by atoms with Crippen molar-refractivity contribution < 1.29 is 9.90 Å². The number of carboxylic acids is 1. The summed E-state index contributed by atoms with van der Waals surface area (Å²) in [6.07, 6.45) is 0. The predicted molar refractivity (Wildman–Crippen MR) is 45.9 cm³/mol. The van der Waals surface area contributed by atoms with Gasteiger partial charge in [0, 0.05) is 5.38 Å². The largest absolute Gasteiger partial charge is 0.481 e. The van der Waals surface area contributed by atoms with Crippen LogP contribution in [0.25, 0.3) is 0 Å². The lowest BCUT2D eigenvalue weighted by molar-refractivity contribution is -0.138. The summed E-state index contributed by atoms with van der Waals surface area (Å²) >= 11 is 4.56. The zero-order valence-electron chi connectivity index (χ0n) is 5.74. The monoisotopic (exact) mass is 235 g/mol. The second-order valence-corrected chi connectivity index (χ2v) is 4.22. The van der Waals surface area contributed by atoms with Gasteiger partial charge in [0.25, 0.3) is 0 Å². The molecule has 0 bridgehead atoms. The van der Waals surface area contributed by atoms with E-state index in [1.54, 1.807) is 12.3 Å². The second-order valence-electron chi connectivity index (χ2n) is 2.09. The van der Waals surface area contributed by atoms with Gasteiger partial charge in [-0.3, -0.25) is 4.79 Å². The first-order chi connectivity index (χ1) is 5.11. The molecule has 0 aliphatic rings. The van der Waals surface area contributed by atoms with E-state index in [0.717, 1.165) is 3.92 Å². The Morgan fingerprint density at radius 3 is 2.91 bits per heavy atom. The average molecular weight is 236 g/mol. The lowest BCUT2D eigenvalue weighted by atomic mass is 10.1. The smallest absolute Gasteiger partial charge is 0.312 e. The van der Waals surface area contributed by atoms with E-state index < -0.39 is 11.9 Å². The molecule has 0 spiro atoms. The highest BCUT2D eigenvalue weighted by atomic mass is 79.9. The molecule has 5 heteroatoms. The van der Waals surface area contributed by atoms with Crippen LogP contribution >= 0.6 is 27.3 Å². The minimum Gasteiger partial charge on any atom is -0.481 e. The quantitative estimate of drug-likeness (QED) is 0.855. The molecular weight excluding hydrogens is 230 g/mol. The summed E-state index contributed by atoms with van der Waals surface area (Å²) in [6, 6.07) is 0. The van der Waals surface area contributed by atoms with Gasteiger partial charge in [0.2, 0.25) is 0 Å². The Labute approximate surface area is 76.2 Å². The Morgan fingerprint density at radius 1 is 1.91 bits per heavy atom. The number of nitrogens with zero attached hydrogens (tertiary/aromatic N) is 1. The van der Waals surface area contributed by atoms with Gasteiger partial charge in [0.05, 0.1) is 11.6 Å². The molecule has 0 unspecified atom stereocenters. The molecule has 0 aliphatic heterocycles. The Hall–Kier alpha value is -0.420.